The molecule has 3 nitrogen and oxygen atoms in total. The van der Waals surface area contributed by atoms with E-state index < -0.39 is 0 Å². The molecule has 17 heavy (non-hydrogen) atoms. The predicted molar refractivity (Wildman–Crippen MR) is 69.9 cm³/mol. The fourth-order valence-electron chi connectivity index (χ4n) is 2.55. The van der Waals surface area contributed by atoms with Crippen molar-refractivity contribution in [3.8, 4) is 5.75 Å². The summed E-state index contributed by atoms with van der Waals surface area (Å²) in [7, 11) is 3.85. The molecule has 2 heterocycles. The zero-order chi connectivity index (χ0) is 11.8. The number of aliphatic imine (C=N–C) groups is 1. The van der Waals surface area contributed by atoms with E-state index in [9.17, 15) is 0 Å². The van der Waals surface area contributed by atoms with E-state index in [0.717, 1.165) is 24.4 Å². The second-order valence-corrected chi connectivity index (χ2v) is 4.53. The van der Waals surface area contributed by atoms with Crippen LogP contribution in [-0.2, 0) is 0 Å². The highest BCUT2D eigenvalue weighted by Crippen LogP contribution is 2.38. The molecular formula is C14H16N2O. The Labute approximate surface area is 101 Å². The van der Waals surface area contributed by atoms with Gasteiger partial charge in [-0.15, -0.1) is 0 Å². The Balaban J connectivity index is 2.11. The van der Waals surface area contributed by atoms with Crippen LogP contribution in [0.15, 0.2) is 28.9 Å². The summed E-state index contributed by atoms with van der Waals surface area (Å²) >= 11 is 0. The Hall–Kier alpha value is -1.77. The first kappa shape index (κ1) is 10.4. The molecule has 1 aromatic carbocycles. The van der Waals surface area contributed by atoms with Gasteiger partial charge < -0.3 is 9.64 Å². The van der Waals surface area contributed by atoms with E-state index >= 15 is 0 Å². The van der Waals surface area contributed by atoms with Crippen LogP contribution in [-0.4, -0.2) is 31.8 Å². The number of methoxy groups -OCH3 is 1. The summed E-state index contributed by atoms with van der Waals surface area (Å²) in [5.74, 6) is 0.896. The number of ether oxygens (including phenoxy) is 1. The van der Waals surface area contributed by atoms with E-state index in [-0.39, 0.29) is 0 Å². The zero-order valence-corrected chi connectivity index (χ0v) is 10.2. The Morgan fingerprint density at radius 3 is 2.94 bits per heavy atom. The van der Waals surface area contributed by atoms with Crippen LogP contribution in [0.5, 0.6) is 5.75 Å². The summed E-state index contributed by atoms with van der Waals surface area (Å²) in [4.78, 5) is 6.80. The third kappa shape index (κ3) is 1.62. The third-order valence-corrected chi connectivity index (χ3v) is 3.51. The molecule has 0 spiro atoms. The van der Waals surface area contributed by atoms with E-state index in [4.69, 9.17) is 4.74 Å². The van der Waals surface area contributed by atoms with Gasteiger partial charge in [-0.05, 0) is 31.0 Å². The summed E-state index contributed by atoms with van der Waals surface area (Å²) in [5.41, 5.74) is 4.92. The molecule has 0 aromatic heterocycles. The molecule has 0 aliphatic carbocycles. The highest BCUT2D eigenvalue weighted by molar-refractivity contribution is 6.17. The molecule has 0 amide bonds. The molecule has 3 heteroatoms. The maximum atomic E-state index is 5.29. The molecule has 1 fully saturated rings. The molecule has 0 N–H and O–H groups in total. The molecule has 0 radical (unpaired) electrons. The average Bonchev–Trinajstić information content (AvgIpc) is 2.94. The standard InChI is InChI=1S/C14H16N2O/c1-16-7-3-4-14(16)12-9-15-13-6-5-10(17-2)8-11(12)13/h5-6,8-9H,3-4,7H2,1-2H3/b14-12+. The summed E-state index contributed by atoms with van der Waals surface area (Å²) in [6, 6.07) is 6.06. The molecule has 0 unspecified atom stereocenters. The highest BCUT2D eigenvalue weighted by Gasteiger charge is 2.22. The first-order valence-corrected chi connectivity index (χ1v) is 5.96. The van der Waals surface area contributed by atoms with Crippen LogP contribution in [0, 0.1) is 0 Å². The van der Waals surface area contributed by atoms with Crippen LogP contribution in [0.2, 0.25) is 0 Å². The maximum absolute atomic E-state index is 5.29. The Morgan fingerprint density at radius 1 is 1.35 bits per heavy atom. The largest absolute Gasteiger partial charge is 0.497 e. The van der Waals surface area contributed by atoms with Gasteiger partial charge in [0.15, 0.2) is 0 Å². The van der Waals surface area contributed by atoms with Crippen LogP contribution in [0.1, 0.15) is 18.4 Å². The van der Waals surface area contributed by atoms with Crippen LogP contribution in [0.4, 0.5) is 5.69 Å². The predicted octanol–water partition coefficient (Wildman–Crippen LogP) is 2.85. The van der Waals surface area contributed by atoms with E-state index in [2.05, 4.69) is 23.0 Å². The van der Waals surface area contributed by atoms with E-state index in [1.165, 1.54) is 23.3 Å². The minimum Gasteiger partial charge on any atom is -0.497 e. The van der Waals surface area contributed by atoms with Gasteiger partial charge in [-0.1, -0.05) is 0 Å². The SMILES string of the molecule is COc1ccc2c(c1)/C(=C1\CCCN1C)C=N2. The second-order valence-electron chi connectivity index (χ2n) is 4.53. The fraction of sp³-hybridized carbons (Fsp3) is 0.357. The van der Waals surface area contributed by atoms with Crippen molar-refractivity contribution in [3.63, 3.8) is 0 Å². The Kier molecular flexibility index (Phi) is 2.39. The molecule has 3 rings (SSSR count). The zero-order valence-electron chi connectivity index (χ0n) is 10.2. The average molecular weight is 228 g/mol. The molecule has 1 aromatic rings. The summed E-state index contributed by atoms with van der Waals surface area (Å²) in [5, 5.41) is 0. The number of allylic oxidation sites excluding steroid dienone is 2. The quantitative estimate of drug-likeness (QED) is 0.738. The number of hydrogen-bond donors (Lipinski definition) is 0. The lowest BCUT2D eigenvalue weighted by Crippen LogP contribution is -2.11. The van der Waals surface area contributed by atoms with Gasteiger partial charge in [0.2, 0.25) is 0 Å². The molecule has 0 saturated carbocycles. The maximum Gasteiger partial charge on any atom is 0.119 e. The first-order chi connectivity index (χ1) is 8.29. The van der Waals surface area contributed by atoms with Gasteiger partial charge in [0, 0.05) is 36.6 Å². The monoisotopic (exact) mass is 228 g/mol. The number of benzene rings is 1. The number of rotatable bonds is 1. The van der Waals surface area contributed by atoms with E-state index in [1.807, 2.05) is 18.3 Å². The summed E-state index contributed by atoms with van der Waals surface area (Å²) in [6.07, 6.45) is 4.37. The summed E-state index contributed by atoms with van der Waals surface area (Å²) < 4.78 is 5.29. The van der Waals surface area contributed by atoms with E-state index in [0.29, 0.717) is 0 Å². The van der Waals surface area contributed by atoms with Crippen molar-refractivity contribution < 1.29 is 4.74 Å². The van der Waals surface area contributed by atoms with Crippen molar-refractivity contribution in [2.24, 2.45) is 4.99 Å². The second kappa shape index (κ2) is 3.91. The van der Waals surface area contributed by atoms with Crippen LogP contribution >= 0.6 is 0 Å². The molecule has 2 aliphatic rings. The smallest absolute Gasteiger partial charge is 0.119 e. The number of hydrogen-bond acceptors (Lipinski definition) is 3. The van der Waals surface area contributed by atoms with Crippen molar-refractivity contribution in [1.82, 2.24) is 4.90 Å². The fourth-order valence-corrected chi connectivity index (χ4v) is 2.55. The Bertz CT molecular complexity index is 517. The minimum absolute atomic E-state index is 0.896. The van der Waals surface area contributed by atoms with Gasteiger partial charge in [0.25, 0.3) is 0 Å². The lowest BCUT2D eigenvalue weighted by atomic mass is 10.0. The topological polar surface area (TPSA) is 24.8 Å². The molecule has 0 bridgehead atoms. The number of fused-ring (bicyclic) bond motifs is 1. The van der Waals surface area contributed by atoms with Gasteiger partial charge in [-0.25, -0.2) is 0 Å². The lowest BCUT2D eigenvalue weighted by molar-refractivity contribution is 0.414. The number of likely N-dealkylation sites (tertiary alicyclic amines) is 1. The van der Waals surface area contributed by atoms with Crippen molar-refractivity contribution in [3.05, 3.63) is 29.5 Å². The third-order valence-electron chi connectivity index (χ3n) is 3.51. The highest BCUT2D eigenvalue weighted by atomic mass is 16.5. The van der Waals surface area contributed by atoms with Crippen molar-refractivity contribution in [2.45, 2.75) is 12.8 Å². The molecule has 88 valence electrons. The first-order valence-electron chi connectivity index (χ1n) is 5.96. The molecular weight excluding hydrogens is 212 g/mol. The van der Waals surface area contributed by atoms with Crippen LogP contribution in [0.3, 0.4) is 0 Å². The van der Waals surface area contributed by atoms with Crippen molar-refractivity contribution in [2.75, 3.05) is 20.7 Å². The molecule has 0 atom stereocenters. The normalized spacial score (nSPS) is 22.1. The van der Waals surface area contributed by atoms with Gasteiger partial charge in [0.1, 0.15) is 5.75 Å². The van der Waals surface area contributed by atoms with Crippen molar-refractivity contribution in [1.29, 1.82) is 0 Å². The van der Waals surface area contributed by atoms with Crippen molar-refractivity contribution >= 4 is 17.5 Å². The van der Waals surface area contributed by atoms with Crippen LogP contribution < -0.4 is 4.74 Å². The van der Waals surface area contributed by atoms with Gasteiger partial charge in [-0.2, -0.15) is 0 Å². The molecule has 1 saturated heterocycles. The summed E-state index contributed by atoms with van der Waals surface area (Å²) in [6.45, 7) is 1.14. The van der Waals surface area contributed by atoms with E-state index in [1.54, 1.807) is 7.11 Å². The number of nitrogens with zero attached hydrogens (tertiary/aromatic N) is 2. The molecule has 2 aliphatic heterocycles. The minimum atomic E-state index is 0.896. The van der Waals surface area contributed by atoms with Gasteiger partial charge in [0.05, 0.1) is 12.8 Å². The lowest BCUT2D eigenvalue weighted by Gasteiger charge is -2.15. The van der Waals surface area contributed by atoms with Gasteiger partial charge >= 0.3 is 0 Å². The van der Waals surface area contributed by atoms with Gasteiger partial charge in [-0.3, -0.25) is 4.99 Å². The van der Waals surface area contributed by atoms with Crippen LogP contribution in [0.25, 0.3) is 5.57 Å². The Morgan fingerprint density at radius 2 is 2.24 bits per heavy atom.